The molecule has 1 aromatic heterocycles. The molecule has 5 rings (SSSR count). The number of furan rings is 1. The monoisotopic (exact) mass is 480 g/mol. The molecule has 35 heavy (non-hydrogen) atoms. The Morgan fingerprint density at radius 3 is 2.69 bits per heavy atom. The predicted octanol–water partition coefficient (Wildman–Crippen LogP) is 5.69. The van der Waals surface area contributed by atoms with Crippen molar-refractivity contribution in [3.05, 3.63) is 59.4 Å². The summed E-state index contributed by atoms with van der Waals surface area (Å²) in [5.74, 6) is 1.59. The van der Waals surface area contributed by atoms with Gasteiger partial charge in [0.1, 0.15) is 35.7 Å². The first-order valence-electron chi connectivity index (χ1n) is 12.0. The van der Waals surface area contributed by atoms with Crippen LogP contribution in [0, 0.1) is 5.92 Å². The van der Waals surface area contributed by atoms with Gasteiger partial charge < -0.3 is 28.1 Å². The lowest BCUT2D eigenvalue weighted by Crippen LogP contribution is -2.48. The first-order chi connectivity index (χ1) is 16.9. The van der Waals surface area contributed by atoms with Crippen molar-refractivity contribution in [3.8, 4) is 11.5 Å². The molecule has 1 fully saturated rings. The van der Waals surface area contributed by atoms with Gasteiger partial charge in [-0.2, -0.15) is 0 Å². The van der Waals surface area contributed by atoms with Crippen molar-refractivity contribution in [2.24, 2.45) is 5.92 Å². The quantitative estimate of drug-likeness (QED) is 0.303. The number of methoxy groups -OCH3 is 2. The lowest BCUT2D eigenvalue weighted by molar-refractivity contribution is -0.105. The number of para-hydroxylation sites is 1. The molecule has 1 saturated carbocycles. The zero-order chi connectivity index (χ0) is 24.6. The Bertz CT molecular complexity index is 1210. The molecule has 0 radical (unpaired) electrons. The SMILES string of the molecule is COCOc1cc(C(=O)c2coc3ccccc23)cc2c1[C@@H]1C[C@H](OCOC)CC[C@H]1C(C)(C)O2. The van der Waals surface area contributed by atoms with Crippen LogP contribution in [0.15, 0.2) is 47.1 Å². The van der Waals surface area contributed by atoms with Crippen molar-refractivity contribution >= 4 is 16.8 Å². The van der Waals surface area contributed by atoms with Gasteiger partial charge in [0.25, 0.3) is 0 Å². The summed E-state index contributed by atoms with van der Waals surface area (Å²) in [5.41, 5.74) is 2.25. The molecule has 7 nitrogen and oxygen atoms in total. The van der Waals surface area contributed by atoms with E-state index in [0.717, 1.165) is 30.2 Å². The Morgan fingerprint density at radius 2 is 1.89 bits per heavy atom. The van der Waals surface area contributed by atoms with E-state index in [4.69, 9.17) is 28.1 Å². The van der Waals surface area contributed by atoms with Gasteiger partial charge in [0.2, 0.25) is 0 Å². The summed E-state index contributed by atoms with van der Waals surface area (Å²) in [4.78, 5) is 13.6. The lowest BCUT2D eigenvalue weighted by Gasteiger charge is -2.49. The van der Waals surface area contributed by atoms with Crippen LogP contribution in [-0.2, 0) is 14.2 Å². The topological polar surface area (TPSA) is 76.4 Å². The Labute approximate surface area is 205 Å². The molecular formula is C28H32O7. The number of rotatable bonds is 8. The van der Waals surface area contributed by atoms with Crippen LogP contribution < -0.4 is 9.47 Å². The van der Waals surface area contributed by atoms with Crippen LogP contribution in [-0.4, -0.2) is 45.3 Å². The van der Waals surface area contributed by atoms with Gasteiger partial charge in [0.15, 0.2) is 12.6 Å². The van der Waals surface area contributed by atoms with E-state index in [0.29, 0.717) is 34.1 Å². The average molecular weight is 481 g/mol. The molecule has 3 aromatic rings. The fourth-order valence-electron chi connectivity index (χ4n) is 5.69. The summed E-state index contributed by atoms with van der Waals surface area (Å²) in [6.45, 7) is 4.59. The Morgan fingerprint density at radius 1 is 1.09 bits per heavy atom. The number of carbonyl (C=O) groups excluding carboxylic acids is 1. The summed E-state index contributed by atoms with van der Waals surface area (Å²) >= 11 is 0. The number of fused-ring (bicyclic) bond motifs is 4. The van der Waals surface area contributed by atoms with Gasteiger partial charge in [-0.3, -0.25) is 4.79 Å². The molecule has 0 amide bonds. The number of benzene rings is 2. The summed E-state index contributed by atoms with van der Waals surface area (Å²) in [7, 11) is 3.22. The summed E-state index contributed by atoms with van der Waals surface area (Å²) in [6, 6.07) is 11.2. The Hall–Kier alpha value is -2.87. The fourth-order valence-corrected chi connectivity index (χ4v) is 5.69. The molecule has 0 saturated heterocycles. The first-order valence-corrected chi connectivity index (χ1v) is 12.0. The van der Waals surface area contributed by atoms with Crippen molar-refractivity contribution in [1.29, 1.82) is 0 Å². The molecule has 0 spiro atoms. The minimum absolute atomic E-state index is 0.0725. The molecule has 7 heteroatoms. The van der Waals surface area contributed by atoms with E-state index >= 15 is 0 Å². The van der Waals surface area contributed by atoms with Crippen LogP contribution in [0.2, 0.25) is 0 Å². The largest absolute Gasteiger partial charge is 0.487 e. The van der Waals surface area contributed by atoms with E-state index in [1.54, 1.807) is 20.3 Å². The molecule has 0 unspecified atom stereocenters. The van der Waals surface area contributed by atoms with Gasteiger partial charge >= 0.3 is 0 Å². The molecule has 2 aromatic carbocycles. The van der Waals surface area contributed by atoms with Crippen LogP contribution in [0.1, 0.15) is 60.5 Å². The molecule has 186 valence electrons. The van der Waals surface area contributed by atoms with Gasteiger partial charge in [0, 0.05) is 42.6 Å². The smallest absolute Gasteiger partial charge is 0.197 e. The van der Waals surface area contributed by atoms with Gasteiger partial charge in [-0.05, 0) is 51.3 Å². The second-order valence-electron chi connectivity index (χ2n) is 9.84. The minimum atomic E-state index is -0.396. The number of ether oxygens (including phenoxy) is 5. The number of hydrogen-bond donors (Lipinski definition) is 0. The molecule has 2 heterocycles. The summed E-state index contributed by atoms with van der Waals surface area (Å²) < 4.78 is 34.5. The van der Waals surface area contributed by atoms with Gasteiger partial charge in [-0.25, -0.2) is 0 Å². The van der Waals surface area contributed by atoms with Crippen molar-refractivity contribution in [2.75, 3.05) is 27.8 Å². The van der Waals surface area contributed by atoms with E-state index in [1.807, 2.05) is 30.3 Å². The zero-order valence-electron chi connectivity index (χ0n) is 20.7. The third kappa shape index (κ3) is 4.44. The second-order valence-corrected chi connectivity index (χ2v) is 9.84. The molecule has 2 aliphatic rings. The first kappa shape index (κ1) is 23.9. The van der Waals surface area contributed by atoms with Gasteiger partial charge in [0.05, 0.1) is 11.7 Å². The summed E-state index contributed by atoms with van der Waals surface area (Å²) in [5, 5.41) is 0.779. The minimum Gasteiger partial charge on any atom is -0.487 e. The van der Waals surface area contributed by atoms with Crippen molar-refractivity contribution < 1.29 is 32.9 Å². The Balaban J connectivity index is 1.57. The third-order valence-electron chi connectivity index (χ3n) is 7.28. The van der Waals surface area contributed by atoms with Crippen LogP contribution in [0.5, 0.6) is 11.5 Å². The lowest BCUT2D eigenvalue weighted by atomic mass is 9.65. The van der Waals surface area contributed by atoms with Crippen LogP contribution >= 0.6 is 0 Å². The highest BCUT2D eigenvalue weighted by Crippen LogP contribution is 2.55. The molecule has 3 atom stereocenters. The predicted molar refractivity (Wildman–Crippen MR) is 130 cm³/mol. The standard InChI is InChI=1S/C28H32O7/c1-28(2)22-10-9-18(33-15-30-3)13-20(22)26-24(34-16-31-4)11-17(12-25(26)35-28)27(29)21-14-32-23-8-6-5-7-19(21)23/h5-8,11-12,14,18,20,22H,9-10,13,15-16H2,1-4H3/t18-,20-,22-/m1/s1. The maximum atomic E-state index is 13.6. The maximum Gasteiger partial charge on any atom is 0.197 e. The van der Waals surface area contributed by atoms with Crippen molar-refractivity contribution in [2.45, 2.75) is 50.7 Å². The molecule has 0 bridgehead atoms. The average Bonchev–Trinajstić information content (AvgIpc) is 3.29. The second kappa shape index (κ2) is 9.64. The van der Waals surface area contributed by atoms with E-state index in [2.05, 4.69) is 13.8 Å². The van der Waals surface area contributed by atoms with E-state index < -0.39 is 5.60 Å². The Kier molecular flexibility index (Phi) is 6.57. The van der Waals surface area contributed by atoms with Crippen LogP contribution in [0.4, 0.5) is 0 Å². The highest BCUT2D eigenvalue weighted by Gasteiger charge is 2.48. The van der Waals surface area contributed by atoms with E-state index in [-0.39, 0.29) is 31.4 Å². The molecule has 1 aliphatic carbocycles. The molecule has 1 aliphatic heterocycles. The maximum absolute atomic E-state index is 13.6. The van der Waals surface area contributed by atoms with Gasteiger partial charge in [-0.15, -0.1) is 0 Å². The summed E-state index contributed by atoms with van der Waals surface area (Å²) in [6.07, 6.45) is 4.35. The highest BCUT2D eigenvalue weighted by atomic mass is 16.7. The number of hydrogen-bond acceptors (Lipinski definition) is 7. The van der Waals surface area contributed by atoms with Crippen molar-refractivity contribution in [3.63, 3.8) is 0 Å². The van der Waals surface area contributed by atoms with Gasteiger partial charge in [-0.1, -0.05) is 18.2 Å². The zero-order valence-corrected chi connectivity index (χ0v) is 20.7. The van der Waals surface area contributed by atoms with Crippen LogP contribution in [0.3, 0.4) is 0 Å². The number of carbonyl (C=O) groups is 1. The fraction of sp³-hybridized carbons (Fsp3) is 0.464. The highest BCUT2D eigenvalue weighted by molar-refractivity contribution is 6.16. The third-order valence-corrected chi connectivity index (χ3v) is 7.28. The van der Waals surface area contributed by atoms with E-state index in [1.165, 1.54) is 6.26 Å². The van der Waals surface area contributed by atoms with E-state index in [9.17, 15) is 4.79 Å². The normalized spacial score (nSPS) is 22.8. The van der Waals surface area contributed by atoms with Crippen molar-refractivity contribution in [1.82, 2.24) is 0 Å². The molecular weight excluding hydrogens is 448 g/mol. The van der Waals surface area contributed by atoms with Crippen LogP contribution in [0.25, 0.3) is 11.0 Å². The molecule has 0 N–H and O–H groups in total. The number of ketones is 1.